The van der Waals surface area contributed by atoms with Gasteiger partial charge in [0.25, 0.3) is 11.5 Å². The van der Waals surface area contributed by atoms with Gasteiger partial charge in [0, 0.05) is 17.7 Å². The molecule has 0 aliphatic carbocycles. The normalized spacial score (nSPS) is 10.8. The van der Waals surface area contributed by atoms with Gasteiger partial charge in [-0.2, -0.15) is 0 Å². The summed E-state index contributed by atoms with van der Waals surface area (Å²) in [7, 11) is 1.57. The summed E-state index contributed by atoms with van der Waals surface area (Å²) in [5.74, 6) is 1.08. The number of benzene rings is 3. The lowest BCUT2D eigenvalue weighted by molar-refractivity contribution is 0.0952. The molecule has 3 aromatic carbocycles. The fourth-order valence-corrected chi connectivity index (χ4v) is 4.73. The monoisotopic (exact) mass is 531 g/mol. The standard InChI is InChI=1S/C29H29N3O5S/c1-4-16-30-27(34)20-8-15-24-25(17-20)31-29(32(28(24)35)21-9-13-22(36-3)14-10-21)38-18-26(33)19-6-11-23(12-7-19)37-5-2/h6-15,17H,4-5,16,18H2,1-3H3,(H,30,34). The highest BCUT2D eigenvalue weighted by Gasteiger charge is 2.17. The molecule has 196 valence electrons. The predicted octanol–water partition coefficient (Wildman–Crippen LogP) is 4.91. The Balaban J connectivity index is 1.72. The second-order valence-corrected chi connectivity index (χ2v) is 9.33. The lowest BCUT2D eigenvalue weighted by Gasteiger charge is -2.14. The van der Waals surface area contributed by atoms with Crippen LogP contribution in [0.3, 0.4) is 0 Å². The molecule has 1 aromatic heterocycles. The van der Waals surface area contributed by atoms with Crippen LogP contribution >= 0.6 is 11.8 Å². The molecule has 9 heteroatoms. The second-order valence-electron chi connectivity index (χ2n) is 8.39. The number of ether oxygens (including phenoxy) is 2. The van der Waals surface area contributed by atoms with Crippen LogP contribution in [0.5, 0.6) is 11.5 Å². The summed E-state index contributed by atoms with van der Waals surface area (Å²) in [6.45, 7) is 4.97. The minimum Gasteiger partial charge on any atom is -0.497 e. The SMILES string of the molecule is CCCNC(=O)c1ccc2c(=O)n(-c3ccc(OC)cc3)c(SCC(=O)c3ccc(OCC)cc3)nc2c1. The summed E-state index contributed by atoms with van der Waals surface area (Å²) < 4.78 is 12.2. The number of hydrogen-bond donors (Lipinski definition) is 1. The summed E-state index contributed by atoms with van der Waals surface area (Å²) in [5, 5.41) is 3.56. The van der Waals surface area contributed by atoms with Gasteiger partial charge in [0.2, 0.25) is 0 Å². The number of methoxy groups -OCH3 is 1. The van der Waals surface area contributed by atoms with Crippen LogP contribution in [0.4, 0.5) is 0 Å². The maximum Gasteiger partial charge on any atom is 0.266 e. The summed E-state index contributed by atoms with van der Waals surface area (Å²) in [6.07, 6.45) is 0.813. The van der Waals surface area contributed by atoms with E-state index in [1.165, 1.54) is 16.3 Å². The number of fused-ring (bicyclic) bond motifs is 1. The molecule has 1 heterocycles. The molecule has 0 unspecified atom stereocenters. The number of aromatic nitrogens is 2. The van der Waals surface area contributed by atoms with Crippen molar-refractivity contribution in [1.82, 2.24) is 14.9 Å². The van der Waals surface area contributed by atoms with Crippen molar-refractivity contribution in [2.75, 3.05) is 26.0 Å². The van der Waals surface area contributed by atoms with E-state index < -0.39 is 0 Å². The molecule has 0 spiro atoms. The number of nitrogens with zero attached hydrogens (tertiary/aromatic N) is 2. The van der Waals surface area contributed by atoms with Crippen LogP contribution in [0.1, 0.15) is 41.0 Å². The summed E-state index contributed by atoms with van der Waals surface area (Å²) >= 11 is 1.17. The molecular weight excluding hydrogens is 502 g/mol. The van der Waals surface area contributed by atoms with Gasteiger partial charge in [-0.05, 0) is 80.1 Å². The summed E-state index contributed by atoms with van der Waals surface area (Å²) in [5.41, 5.74) is 1.64. The van der Waals surface area contributed by atoms with E-state index in [-0.39, 0.29) is 23.0 Å². The first-order chi connectivity index (χ1) is 18.4. The van der Waals surface area contributed by atoms with Crippen LogP contribution in [0.25, 0.3) is 16.6 Å². The Hall–Kier alpha value is -4.11. The van der Waals surface area contributed by atoms with Gasteiger partial charge in [-0.1, -0.05) is 18.7 Å². The van der Waals surface area contributed by atoms with E-state index in [2.05, 4.69) is 5.32 Å². The van der Waals surface area contributed by atoms with Gasteiger partial charge in [-0.25, -0.2) is 4.98 Å². The quantitative estimate of drug-likeness (QED) is 0.167. The highest BCUT2D eigenvalue weighted by atomic mass is 32.2. The largest absolute Gasteiger partial charge is 0.497 e. The number of carbonyl (C=O) groups excluding carboxylic acids is 2. The van der Waals surface area contributed by atoms with Crippen LogP contribution in [-0.2, 0) is 0 Å². The van der Waals surface area contributed by atoms with Gasteiger partial charge in [0.1, 0.15) is 11.5 Å². The average molecular weight is 532 g/mol. The van der Waals surface area contributed by atoms with E-state index in [4.69, 9.17) is 14.5 Å². The van der Waals surface area contributed by atoms with E-state index in [9.17, 15) is 14.4 Å². The molecule has 0 aliphatic heterocycles. The van der Waals surface area contributed by atoms with Gasteiger partial charge >= 0.3 is 0 Å². The highest BCUT2D eigenvalue weighted by Crippen LogP contribution is 2.24. The van der Waals surface area contributed by atoms with E-state index in [0.29, 0.717) is 57.5 Å². The van der Waals surface area contributed by atoms with Gasteiger partial charge in [-0.15, -0.1) is 0 Å². The van der Waals surface area contributed by atoms with Crippen LogP contribution in [0.15, 0.2) is 76.7 Å². The van der Waals surface area contributed by atoms with Crippen molar-refractivity contribution in [1.29, 1.82) is 0 Å². The maximum atomic E-state index is 13.7. The number of rotatable bonds is 11. The Morgan fingerprint density at radius 3 is 2.29 bits per heavy atom. The molecule has 4 aromatic rings. The average Bonchev–Trinajstić information content (AvgIpc) is 2.95. The highest BCUT2D eigenvalue weighted by molar-refractivity contribution is 7.99. The Bertz CT molecular complexity index is 1500. The number of thioether (sulfide) groups is 1. The zero-order valence-electron chi connectivity index (χ0n) is 21.5. The van der Waals surface area contributed by atoms with Crippen molar-refractivity contribution in [3.05, 3.63) is 88.2 Å². The van der Waals surface area contributed by atoms with Gasteiger partial charge in [-0.3, -0.25) is 19.0 Å². The third kappa shape index (κ3) is 6.06. The second kappa shape index (κ2) is 12.4. The number of amides is 1. The van der Waals surface area contributed by atoms with Crippen LogP contribution in [0.2, 0.25) is 0 Å². The minimum absolute atomic E-state index is 0.0682. The zero-order valence-corrected chi connectivity index (χ0v) is 22.3. The fourth-order valence-electron chi connectivity index (χ4n) is 3.82. The summed E-state index contributed by atoms with van der Waals surface area (Å²) in [4.78, 5) is 43.8. The molecule has 1 amide bonds. The van der Waals surface area contributed by atoms with E-state index >= 15 is 0 Å². The lowest BCUT2D eigenvalue weighted by Crippen LogP contribution is -2.25. The molecule has 8 nitrogen and oxygen atoms in total. The van der Waals surface area contributed by atoms with Crippen molar-refractivity contribution in [2.24, 2.45) is 0 Å². The van der Waals surface area contributed by atoms with Crippen LogP contribution < -0.4 is 20.3 Å². The van der Waals surface area contributed by atoms with Crippen molar-refractivity contribution >= 4 is 34.4 Å². The predicted molar refractivity (Wildman–Crippen MR) is 149 cm³/mol. The molecule has 0 saturated carbocycles. The van der Waals surface area contributed by atoms with Crippen molar-refractivity contribution in [2.45, 2.75) is 25.4 Å². The van der Waals surface area contributed by atoms with E-state index in [1.807, 2.05) is 13.8 Å². The number of ketones is 1. The molecule has 0 radical (unpaired) electrons. The van der Waals surface area contributed by atoms with Gasteiger partial charge < -0.3 is 14.8 Å². The molecule has 0 bridgehead atoms. The topological polar surface area (TPSA) is 99.5 Å². The molecule has 4 rings (SSSR count). The maximum absolute atomic E-state index is 13.7. The molecule has 0 fully saturated rings. The van der Waals surface area contributed by atoms with E-state index in [1.54, 1.807) is 73.8 Å². The molecule has 0 saturated heterocycles. The Labute approximate surface area is 225 Å². The first-order valence-corrected chi connectivity index (χ1v) is 13.3. The number of carbonyl (C=O) groups is 2. The zero-order chi connectivity index (χ0) is 27.1. The first-order valence-electron chi connectivity index (χ1n) is 12.3. The Morgan fingerprint density at radius 2 is 1.63 bits per heavy atom. The molecular formula is C29H29N3O5S. The molecule has 38 heavy (non-hydrogen) atoms. The fraction of sp³-hybridized carbons (Fsp3) is 0.241. The van der Waals surface area contributed by atoms with Gasteiger partial charge in [0.05, 0.1) is 36.1 Å². The molecule has 1 N–H and O–H groups in total. The molecule has 0 atom stereocenters. The van der Waals surface area contributed by atoms with Crippen LogP contribution in [0, 0.1) is 0 Å². The van der Waals surface area contributed by atoms with Crippen LogP contribution in [-0.4, -0.2) is 47.3 Å². The Kier molecular flexibility index (Phi) is 8.81. The summed E-state index contributed by atoms with van der Waals surface area (Å²) in [6, 6.07) is 18.8. The lowest BCUT2D eigenvalue weighted by atomic mass is 10.1. The van der Waals surface area contributed by atoms with E-state index in [0.717, 1.165) is 6.42 Å². The number of nitrogens with one attached hydrogen (secondary N) is 1. The number of hydrogen-bond acceptors (Lipinski definition) is 7. The third-order valence-corrected chi connectivity index (χ3v) is 6.73. The van der Waals surface area contributed by atoms with Crippen molar-refractivity contribution < 1.29 is 19.1 Å². The smallest absolute Gasteiger partial charge is 0.266 e. The first kappa shape index (κ1) is 26.9. The molecule has 0 aliphatic rings. The minimum atomic E-state index is -0.295. The van der Waals surface area contributed by atoms with Gasteiger partial charge in [0.15, 0.2) is 10.9 Å². The third-order valence-electron chi connectivity index (χ3n) is 5.79. The number of Topliss-reactive ketones (excluding diaryl/α,β-unsaturated/α-hetero) is 1. The van der Waals surface area contributed by atoms with Crippen molar-refractivity contribution in [3.63, 3.8) is 0 Å². The van der Waals surface area contributed by atoms with Crippen molar-refractivity contribution in [3.8, 4) is 17.2 Å². The Morgan fingerprint density at radius 1 is 0.947 bits per heavy atom.